The van der Waals surface area contributed by atoms with Crippen molar-refractivity contribution in [2.24, 2.45) is 0 Å². The van der Waals surface area contributed by atoms with E-state index in [1.165, 1.54) is 0 Å². The van der Waals surface area contributed by atoms with E-state index in [-0.39, 0.29) is 34.0 Å². The number of rotatable bonds is 0. The minimum absolute atomic E-state index is 0.0831. The van der Waals surface area contributed by atoms with Crippen molar-refractivity contribution < 1.29 is 18.0 Å². The number of hydrogen-bond donors (Lipinski definition) is 1. The predicted octanol–water partition coefficient (Wildman–Crippen LogP) is 1.76. The Morgan fingerprint density at radius 3 is 2.43 bits per heavy atom. The van der Waals surface area contributed by atoms with Gasteiger partial charge in [-0.25, -0.2) is 8.42 Å². The van der Waals surface area contributed by atoms with E-state index < -0.39 is 21.4 Å². The number of benzene rings is 2. The monoisotopic (exact) mass is 327 g/mol. The fraction of sp³-hybridized carbons (Fsp3) is 0.176. The molecule has 1 heterocycles. The van der Waals surface area contributed by atoms with E-state index in [1.807, 2.05) is 25.1 Å². The molecule has 0 radical (unpaired) electrons. The molecule has 0 aromatic heterocycles. The van der Waals surface area contributed by atoms with E-state index in [2.05, 4.69) is 5.32 Å². The van der Waals surface area contributed by atoms with Crippen molar-refractivity contribution in [1.82, 2.24) is 5.32 Å². The highest BCUT2D eigenvalue weighted by Gasteiger charge is 2.41. The second-order valence-electron chi connectivity index (χ2n) is 5.86. The van der Waals surface area contributed by atoms with Gasteiger partial charge in [-0.1, -0.05) is 23.8 Å². The molecule has 23 heavy (non-hydrogen) atoms. The summed E-state index contributed by atoms with van der Waals surface area (Å²) in [6.07, 6.45) is 0. The van der Waals surface area contributed by atoms with Crippen LogP contribution in [0.1, 0.15) is 26.3 Å². The van der Waals surface area contributed by atoms with Crippen LogP contribution < -0.4 is 5.32 Å². The van der Waals surface area contributed by atoms with Crippen LogP contribution in [0.15, 0.2) is 40.9 Å². The normalized spacial score (nSPS) is 19.3. The summed E-state index contributed by atoms with van der Waals surface area (Å²) in [6.45, 7) is 2.07. The highest BCUT2D eigenvalue weighted by Crippen LogP contribution is 2.33. The molecule has 116 valence electrons. The zero-order chi connectivity index (χ0) is 16.4. The van der Waals surface area contributed by atoms with Crippen LogP contribution in [-0.4, -0.2) is 32.3 Å². The average Bonchev–Trinajstić information content (AvgIpc) is 2.50. The predicted molar refractivity (Wildman–Crippen MR) is 86.2 cm³/mol. The number of allylic oxidation sites excluding steroid dienone is 2. The minimum Gasteiger partial charge on any atom is -0.380 e. The van der Waals surface area contributed by atoms with Crippen molar-refractivity contribution >= 4 is 32.2 Å². The second-order valence-corrected chi connectivity index (χ2v) is 7.90. The molecule has 0 unspecified atom stereocenters. The van der Waals surface area contributed by atoms with Crippen molar-refractivity contribution in [3.8, 4) is 0 Å². The molecule has 6 heteroatoms. The Bertz CT molecular complexity index is 1050. The molecular weight excluding hydrogens is 314 g/mol. The fourth-order valence-corrected chi connectivity index (χ4v) is 4.58. The lowest BCUT2D eigenvalue weighted by Gasteiger charge is -2.25. The number of hydrogen-bond acceptors (Lipinski definition) is 5. The first-order valence-corrected chi connectivity index (χ1v) is 8.88. The van der Waals surface area contributed by atoms with Gasteiger partial charge in [0, 0.05) is 17.7 Å². The number of carbonyl (C=O) groups excluding carboxylic acids is 2. The highest BCUT2D eigenvalue weighted by molar-refractivity contribution is 7.96. The topological polar surface area (TPSA) is 80.3 Å². The largest absolute Gasteiger partial charge is 0.380 e. The Morgan fingerprint density at radius 1 is 0.957 bits per heavy atom. The van der Waals surface area contributed by atoms with Crippen LogP contribution in [0.25, 0.3) is 10.8 Å². The quantitative estimate of drug-likeness (QED) is 0.797. The molecular formula is C17H13NO4S. The van der Waals surface area contributed by atoms with Crippen LogP contribution in [0, 0.1) is 6.92 Å². The molecule has 0 spiro atoms. The Balaban J connectivity index is 2.04. The molecule has 4 rings (SSSR count). The van der Waals surface area contributed by atoms with Gasteiger partial charge in [-0.3, -0.25) is 9.59 Å². The Morgan fingerprint density at radius 2 is 1.65 bits per heavy atom. The van der Waals surface area contributed by atoms with Gasteiger partial charge in [0.2, 0.25) is 11.6 Å². The van der Waals surface area contributed by atoms with Gasteiger partial charge in [-0.15, -0.1) is 0 Å². The van der Waals surface area contributed by atoms with Crippen molar-refractivity contribution in [3.63, 3.8) is 0 Å². The zero-order valence-corrected chi connectivity index (χ0v) is 13.2. The van der Waals surface area contributed by atoms with Gasteiger partial charge >= 0.3 is 0 Å². The lowest BCUT2D eigenvalue weighted by molar-refractivity contribution is 0.0974. The van der Waals surface area contributed by atoms with Crippen LogP contribution in [0.2, 0.25) is 0 Å². The molecule has 2 aromatic rings. The first kappa shape index (κ1) is 14.1. The van der Waals surface area contributed by atoms with Gasteiger partial charge in [0.25, 0.3) is 0 Å². The molecule has 1 N–H and O–H groups in total. The van der Waals surface area contributed by atoms with Crippen LogP contribution in [0.3, 0.4) is 0 Å². The van der Waals surface area contributed by atoms with E-state index in [0.717, 1.165) is 16.3 Å². The molecule has 0 fully saturated rings. The van der Waals surface area contributed by atoms with E-state index >= 15 is 0 Å². The lowest BCUT2D eigenvalue weighted by Crippen LogP contribution is -2.40. The van der Waals surface area contributed by atoms with Crippen LogP contribution in [0.4, 0.5) is 0 Å². The van der Waals surface area contributed by atoms with Crippen LogP contribution >= 0.6 is 0 Å². The summed E-state index contributed by atoms with van der Waals surface area (Å²) in [6, 6.07) is 9.00. The van der Waals surface area contributed by atoms with Gasteiger partial charge in [0.05, 0.1) is 5.75 Å². The number of aryl methyl sites for hydroxylation is 1. The number of Topliss-reactive ketones (excluding diaryl/α,β-unsaturated/α-hetero) is 2. The molecule has 0 saturated heterocycles. The summed E-state index contributed by atoms with van der Waals surface area (Å²) >= 11 is 0. The Hall–Kier alpha value is -2.47. The Labute approximate surface area is 132 Å². The third-order valence-corrected chi connectivity index (χ3v) is 6.02. The molecule has 0 atom stereocenters. The molecule has 1 aliphatic carbocycles. The number of carbonyl (C=O) groups is 2. The highest BCUT2D eigenvalue weighted by atomic mass is 32.2. The minimum atomic E-state index is -3.72. The van der Waals surface area contributed by atoms with Crippen molar-refractivity contribution in [1.29, 1.82) is 0 Å². The maximum absolute atomic E-state index is 12.7. The summed E-state index contributed by atoms with van der Waals surface area (Å²) in [5.74, 6) is -1.20. The summed E-state index contributed by atoms with van der Waals surface area (Å²) < 4.78 is 24.5. The van der Waals surface area contributed by atoms with Crippen molar-refractivity contribution in [2.75, 3.05) is 12.3 Å². The van der Waals surface area contributed by atoms with E-state index in [9.17, 15) is 18.0 Å². The average molecular weight is 327 g/mol. The first-order valence-electron chi connectivity index (χ1n) is 7.23. The standard InChI is InChI=1S/C17H13NO4S/c1-9-2-3-10-7-12-13(8-11(10)6-9)16(20)17-14(15(12)19)18-4-5-23(17,21)22/h2-3,6-8,18H,4-5H2,1H3. The molecule has 0 bridgehead atoms. The third kappa shape index (κ3) is 1.95. The molecule has 2 aliphatic rings. The lowest BCUT2D eigenvalue weighted by atomic mass is 9.89. The van der Waals surface area contributed by atoms with Crippen LogP contribution in [-0.2, 0) is 9.84 Å². The smallest absolute Gasteiger partial charge is 0.211 e. The zero-order valence-electron chi connectivity index (χ0n) is 12.3. The third-order valence-electron chi connectivity index (χ3n) is 4.27. The van der Waals surface area contributed by atoms with Crippen molar-refractivity contribution in [2.45, 2.75) is 6.92 Å². The van der Waals surface area contributed by atoms with E-state index in [4.69, 9.17) is 0 Å². The molecule has 0 saturated carbocycles. The molecule has 0 amide bonds. The summed E-state index contributed by atoms with van der Waals surface area (Å²) in [4.78, 5) is 25.0. The van der Waals surface area contributed by atoms with Gasteiger partial charge in [0.15, 0.2) is 9.84 Å². The first-order chi connectivity index (χ1) is 10.9. The number of sulfone groups is 1. The SMILES string of the molecule is Cc1ccc2cc3c(cc2c1)C(=O)C1=C(NCCS1(=O)=O)C3=O. The number of ketones is 2. The second kappa shape index (κ2) is 4.52. The fourth-order valence-electron chi connectivity index (χ4n) is 3.14. The van der Waals surface area contributed by atoms with E-state index in [0.29, 0.717) is 0 Å². The number of fused-ring (bicyclic) bond motifs is 2. The number of nitrogens with one attached hydrogen (secondary N) is 1. The van der Waals surface area contributed by atoms with Gasteiger partial charge in [0.1, 0.15) is 10.6 Å². The molecule has 5 nitrogen and oxygen atoms in total. The molecule has 2 aromatic carbocycles. The maximum Gasteiger partial charge on any atom is 0.211 e. The van der Waals surface area contributed by atoms with Gasteiger partial charge in [-0.2, -0.15) is 0 Å². The van der Waals surface area contributed by atoms with E-state index in [1.54, 1.807) is 12.1 Å². The van der Waals surface area contributed by atoms with Crippen molar-refractivity contribution in [3.05, 3.63) is 57.6 Å². The molecule has 1 aliphatic heterocycles. The Kier molecular flexibility index (Phi) is 2.78. The van der Waals surface area contributed by atoms with Gasteiger partial charge < -0.3 is 5.32 Å². The summed E-state index contributed by atoms with van der Waals surface area (Å²) in [5.41, 5.74) is 1.37. The maximum atomic E-state index is 12.7. The summed E-state index contributed by atoms with van der Waals surface area (Å²) in [5, 5.41) is 4.45. The van der Waals surface area contributed by atoms with Crippen LogP contribution in [0.5, 0.6) is 0 Å². The van der Waals surface area contributed by atoms with Gasteiger partial charge in [-0.05, 0) is 29.8 Å². The summed E-state index contributed by atoms with van der Waals surface area (Å²) in [7, 11) is -3.72.